The molecule has 26 heavy (non-hydrogen) atoms. The van der Waals surface area contributed by atoms with Crippen molar-refractivity contribution in [3.63, 3.8) is 0 Å². The largest absolute Gasteiger partial charge is 0.379 e. The number of hydrogen-bond donors (Lipinski definition) is 3. The Balaban J connectivity index is 1.39. The molecule has 3 N–H and O–H groups in total. The van der Waals surface area contributed by atoms with Crippen LogP contribution in [0.25, 0.3) is 0 Å². The summed E-state index contributed by atoms with van der Waals surface area (Å²) in [5, 5.41) is 9.13. The van der Waals surface area contributed by atoms with Gasteiger partial charge in [0.25, 0.3) is 0 Å². The molecule has 0 aliphatic carbocycles. The van der Waals surface area contributed by atoms with E-state index in [1.54, 1.807) is 0 Å². The smallest absolute Gasteiger partial charge is 0.238 e. The molecule has 0 spiro atoms. The zero-order valence-electron chi connectivity index (χ0n) is 15.1. The second-order valence-corrected chi connectivity index (χ2v) is 6.96. The highest BCUT2D eigenvalue weighted by Crippen LogP contribution is 2.17. The summed E-state index contributed by atoms with van der Waals surface area (Å²) in [7, 11) is 0. The van der Waals surface area contributed by atoms with E-state index >= 15 is 0 Å². The van der Waals surface area contributed by atoms with E-state index in [1.807, 2.05) is 24.3 Å². The van der Waals surface area contributed by atoms with Gasteiger partial charge in [-0.15, -0.1) is 0 Å². The molecule has 1 aromatic rings. The summed E-state index contributed by atoms with van der Waals surface area (Å²) in [5.41, 5.74) is 1.49. The van der Waals surface area contributed by atoms with Gasteiger partial charge in [-0.3, -0.25) is 14.5 Å². The maximum absolute atomic E-state index is 12.1. The summed E-state index contributed by atoms with van der Waals surface area (Å²) in [6.07, 6.45) is 2.63. The average molecular weight is 360 g/mol. The zero-order chi connectivity index (χ0) is 18.2. The van der Waals surface area contributed by atoms with Crippen LogP contribution in [0.2, 0.25) is 0 Å². The van der Waals surface area contributed by atoms with Gasteiger partial charge < -0.3 is 20.7 Å². The van der Waals surface area contributed by atoms with Crippen LogP contribution < -0.4 is 16.0 Å². The van der Waals surface area contributed by atoms with Crippen molar-refractivity contribution in [2.75, 3.05) is 56.6 Å². The molecule has 1 unspecified atom stereocenters. The first kappa shape index (κ1) is 18.8. The molecule has 2 fully saturated rings. The Morgan fingerprint density at radius 2 is 1.73 bits per heavy atom. The lowest BCUT2D eigenvalue weighted by Crippen LogP contribution is -2.41. The van der Waals surface area contributed by atoms with E-state index in [0.29, 0.717) is 32.1 Å². The number of hydrogen-bond acceptors (Lipinski definition) is 5. The van der Waals surface area contributed by atoms with Crippen molar-refractivity contribution in [2.45, 2.75) is 19.3 Å². The number of benzene rings is 1. The molecule has 2 aliphatic rings. The van der Waals surface area contributed by atoms with Crippen LogP contribution in [-0.4, -0.2) is 62.7 Å². The molecule has 7 heteroatoms. The van der Waals surface area contributed by atoms with Gasteiger partial charge in [0.1, 0.15) is 0 Å². The molecule has 1 atom stereocenters. The van der Waals surface area contributed by atoms with Gasteiger partial charge >= 0.3 is 0 Å². The van der Waals surface area contributed by atoms with Gasteiger partial charge in [0, 0.05) is 30.9 Å². The Morgan fingerprint density at radius 1 is 1.08 bits per heavy atom. The van der Waals surface area contributed by atoms with Gasteiger partial charge in [0.2, 0.25) is 11.8 Å². The highest BCUT2D eigenvalue weighted by Gasteiger charge is 2.16. The van der Waals surface area contributed by atoms with E-state index in [2.05, 4.69) is 20.9 Å². The van der Waals surface area contributed by atoms with Crippen molar-refractivity contribution in [1.82, 2.24) is 10.2 Å². The minimum atomic E-state index is -0.0335. The van der Waals surface area contributed by atoms with Crippen molar-refractivity contribution in [3.05, 3.63) is 24.3 Å². The number of nitrogens with zero attached hydrogens (tertiary/aromatic N) is 1. The van der Waals surface area contributed by atoms with Gasteiger partial charge in [0.15, 0.2) is 0 Å². The monoisotopic (exact) mass is 360 g/mol. The summed E-state index contributed by atoms with van der Waals surface area (Å²) < 4.78 is 5.28. The van der Waals surface area contributed by atoms with E-state index in [-0.39, 0.29) is 11.8 Å². The first-order chi connectivity index (χ1) is 12.7. The van der Waals surface area contributed by atoms with Crippen molar-refractivity contribution in [3.8, 4) is 0 Å². The van der Waals surface area contributed by atoms with E-state index in [9.17, 15) is 9.59 Å². The van der Waals surface area contributed by atoms with Gasteiger partial charge in [-0.2, -0.15) is 0 Å². The molecule has 2 saturated heterocycles. The molecule has 2 aliphatic heterocycles. The second kappa shape index (κ2) is 9.66. The third-order valence-electron chi connectivity index (χ3n) is 4.87. The molecule has 142 valence electrons. The number of carbonyl (C=O) groups is 2. The van der Waals surface area contributed by atoms with Crippen LogP contribution in [0.15, 0.2) is 24.3 Å². The van der Waals surface area contributed by atoms with E-state index < -0.39 is 0 Å². The number of amides is 2. The van der Waals surface area contributed by atoms with Gasteiger partial charge in [-0.05, 0) is 56.1 Å². The lowest BCUT2D eigenvalue weighted by atomic mass is 10.0. The highest BCUT2D eigenvalue weighted by atomic mass is 16.5. The van der Waals surface area contributed by atoms with Crippen LogP contribution in [0.3, 0.4) is 0 Å². The summed E-state index contributed by atoms with van der Waals surface area (Å²) >= 11 is 0. The van der Waals surface area contributed by atoms with E-state index in [0.717, 1.165) is 50.4 Å². The zero-order valence-corrected chi connectivity index (χ0v) is 15.1. The number of anilines is 2. The lowest BCUT2D eigenvalue weighted by molar-refractivity contribution is -0.118. The normalized spacial score (nSPS) is 20.7. The number of ether oxygens (including phenoxy) is 1. The Morgan fingerprint density at radius 3 is 2.35 bits per heavy atom. The van der Waals surface area contributed by atoms with Crippen LogP contribution in [0.5, 0.6) is 0 Å². The first-order valence-corrected chi connectivity index (χ1v) is 9.39. The van der Waals surface area contributed by atoms with E-state index in [1.165, 1.54) is 0 Å². The van der Waals surface area contributed by atoms with Gasteiger partial charge in [-0.1, -0.05) is 0 Å². The fourth-order valence-electron chi connectivity index (χ4n) is 3.32. The topological polar surface area (TPSA) is 82.7 Å². The molecule has 0 bridgehead atoms. The third kappa shape index (κ3) is 6.09. The quantitative estimate of drug-likeness (QED) is 0.682. The molecule has 0 aromatic heterocycles. The van der Waals surface area contributed by atoms with Gasteiger partial charge in [-0.25, -0.2) is 0 Å². The Labute approximate surface area is 154 Å². The SMILES string of the molecule is O=C(CCC1CCNC1)Nc1ccc(NC(=O)CN2CCOCC2)cc1. The standard InChI is InChI=1S/C19H28N4O3/c24-18(6-1-15-7-8-20-13-15)21-16-2-4-17(5-3-16)22-19(25)14-23-9-11-26-12-10-23/h2-5,15,20H,1,6-14H2,(H,21,24)(H,22,25). The number of rotatable bonds is 7. The Kier molecular flexibility index (Phi) is 6.99. The van der Waals surface area contributed by atoms with Crippen molar-refractivity contribution in [2.24, 2.45) is 5.92 Å². The molecule has 3 rings (SSSR count). The fraction of sp³-hybridized carbons (Fsp3) is 0.579. The third-order valence-corrected chi connectivity index (χ3v) is 4.87. The highest BCUT2D eigenvalue weighted by molar-refractivity contribution is 5.93. The van der Waals surface area contributed by atoms with Gasteiger partial charge in [0.05, 0.1) is 19.8 Å². The lowest BCUT2D eigenvalue weighted by Gasteiger charge is -2.25. The number of nitrogens with one attached hydrogen (secondary N) is 3. The van der Waals surface area contributed by atoms with Crippen LogP contribution >= 0.6 is 0 Å². The fourth-order valence-corrected chi connectivity index (χ4v) is 3.32. The molecule has 0 radical (unpaired) electrons. The van der Waals surface area contributed by atoms with Crippen molar-refractivity contribution in [1.29, 1.82) is 0 Å². The summed E-state index contributed by atoms with van der Waals surface area (Å²) in [4.78, 5) is 26.2. The van der Waals surface area contributed by atoms with Crippen molar-refractivity contribution >= 4 is 23.2 Å². The molecule has 1 aromatic carbocycles. The van der Waals surface area contributed by atoms with Crippen LogP contribution in [0.4, 0.5) is 11.4 Å². The molecule has 2 heterocycles. The Bertz CT molecular complexity index is 593. The predicted octanol–water partition coefficient (Wildman–Crippen LogP) is 1.29. The van der Waals surface area contributed by atoms with Crippen LogP contribution in [-0.2, 0) is 14.3 Å². The maximum Gasteiger partial charge on any atom is 0.238 e. The van der Waals surface area contributed by atoms with Crippen molar-refractivity contribution < 1.29 is 14.3 Å². The summed E-state index contributed by atoms with van der Waals surface area (Å²) in [5.74, 6) is 0.625. The molecular formula is C19H28N4O3. The number of morpholine rings is 1. The Hall–Kier alpha value is -1.96. The average Bonchev–Trinajstić information content (AvgIpc) is 3.16. The first-order valence-electron chi connectivity index (χ1n) is 9.39. The molecular weight excluding hydrogens is 332 g/mol. The number of carbonyl (C=O) groups excluding carboxylic acids is 2. The summed E-state index contributed by atoms with van der Waals surface area (Å²) in [6, 6.07) is 7.26. The molecule has 7 nitrogen and oxygen atoms in total. The van der Waals surface area contributed by atoms with Crippen LogP contribution in [0.1, 0.15) is 19.3 Å². The molecule has 0 saturated carbocycles. The summed E-state index contributed by atoms with van der Waals surface area (Å²) in [6.45, 7) is 5.39. The van der Waals surface area contributed by atoms with Crippen LogP contribution in [0, 0.1) is 5.92 Å². The van der Waals surface area contributed by atoms with E-state index in [4.69, 9.17) is 4.74 Å². The predicted molar refractivity (Wildman–Crippen MR) is 101 cm³/mol. The molecule has 2 amide bonds. The maximum atomic E-state index is 12.1. The minimum absolute atomic E-state index is 0.0335. The second-order valence-electron chi connectivity index (χ2n) is 6.96. The minimum Gasteiger partial charge on any atom is -0.379 e.